The van der Waals surface area contributed by atoms with Gasteiger partial charge in [0.05, 0.1) is 13.1 Å². The predicted octanol–water partition coefficient (Wildman–Crippen LogP) is 3.35. The zero-order valence-electron chi connectivity index (χ0n) is 18.4. The Balaban J connectivity index is 1.68. The maximum Gasteiger partial charge on any atom is 0.241 e. The number of oxazole rings is 1. The number of rotatable bonds is 6. The van der Waals surface area contributed by atoms with Crippen LogP contribution in [0.5, 0.6) is 0 Å². The number of benzene rings is 1. The summed E-state index contributed by atoms with van der Waals surface area (Å²) in [6.45, 7) is 4.90. The van der Waals surface area contributed by atoms with Crippen molar-refractivity contribution in [3.63, 3.8) is 0 Å². The van der Waals surface area contributed by atoms with E-state index in [1.807, 2.05) is 24.3 Å². The van der Waals surface area contributed by atoms with E-state index in [4.69, 9.17) is 4.42 Å². The number of likely N-dealkylation sites (N-methyl/N-ethyl adjacent to an activating group) is 1. The molecule has 2 unspecified atom stereocenters. The number of aromatic nitrogens is 1. The lowest BCUT2D eigenvalue weighted by atomic mass is 9.86. The van der Waals surface area contributed by atoms with Gasteiger partial charge in [0.2, 0.25) is 11.8 Å². The molecule has 0 saturated heterocycles. The monoisotopic (exact) mass is 411 g/mol. The van der Waals surface area contributed by atoms with Gasteiger partial charge in [0.25, 0.3) is 0 Å². The fraction of sp³-hybridized carbons (Fsp3) is 0.522. The van der Waals surface area contributed by atoms with Crippen molar-refractivity contribution in [1.82, 2.24) is 20.5 Å². The van der Waals surface area contributed by atoms with Gasteiger partial charge in [-0.15, -0.1) is 0 Å². The lowest BCUT2D eigenvalue weighted by Gasteiger charge is -2.31. The van der Waals surface area contributed by atoms with Gasteiger partial charge in [0.1, 0.15) is 12.0 Å². The van der Waals surface area contributed by atoms with Crippen LogP contribution in [-0.2, 0) is 11.3 Å². The number of carbonyl (C=O) groups is 1. The molecule has 30 heavy (non-hydrogen) atoms. The zero-order valence-corrected chi connectivity index (χ0v) is 18.4. The summed E-state index contributed by atoms with van der Waals surface area (Å²) in [5.41, 5.74) is 2.89. The van der Waals surface area contributed by atoms with E-state index in [2.05, 4.69) is 34.5 Å². The second-order valence-electron chi connectivity index (χ2n) is 8.33. The Morgan fingerprint density at radius 2 is 1.97 bits per heavy atom. The maximum atomic E-state index is 12.0. The Bertz CT molecular complexity index is 857. The minimum Gasteiger partial charge on any atom is -0.444 e. The fourth-order valence-electron chi connectivity index (χ4n) is 3.54. The fourth-order valence-corrected chi connectivity index (χ4v) is 3.54. The van der Waals surface area contributed by atoms with E-state index in [9.17, 15) is 4.79 Å². The SMILES string of the molecule is Cc1ccc(-c2nc(CN=C(NCC(=O)N(C)C)NC3CCCCC3C)co2)cc1. The molecule has 0 radical (unpaired) electrons. The molecular weight excluding hydrogens is 378 g/mol. The van der Waals surface area contributed by atoms with Crippen LogP contribution in [0.1, 0.15) is 43.9 Å². The Labute approximate surface area is 179 Å². The number of nitrogens with zero attached hydrogens (tertiary/aromatic N) is 3. The van der Waals surface area contributed by atoms with Crippen molar-refractivity contribution in [2.75, 3.05) is 20.6 Å². The lowest BCUT2D eigenvalue weighted by Crippen LogP contribution is -2.49. The van der Waals surface area contributed by atoms with Crippen LogP contribution in [0, 0.1) is 12.8 Å². The molecule has 0 bridgehead atoms. The second kappa shape index (κ2) is 10.3. The number of hydrogen-bond acceptors (Lipinski definition) is 4. The molecule has 0 aliphatic heterocycles. The Morgan fingerprint density at radius 3 is 2.67 bits per heavy atom. The van der Waals surface area contributed by atoms with E-state index in [0.29, 0.717) is 30.4 Å². The summed E-state index contributed by atoms with van der Waals surface area (Å²) < 4.78 is 5.64. The molecule has 1 aliphatic carbocycles. The van der Waals surface area contributed by atoms with Gasteiger partial charge in [-0.1, -0.05) is 37.5 Å². The van der Waals surface area contributed by atoms with Crippen molar-refractivity contribution < 1.29 is 9.21 Å². The summed E-state index contributed by atoms with van der Waals surface area (Å²) in [4.78, 5) is 22.8. The topological polar surface area (TPSA) is 82.8 Å². The zero-order chi connectivity index (χ0) is 21.5. The summed E-state index contributed by atoms with van der Waals surface area (Å²) in [6, 6.07) is 8.44. The van der Waals surface area contributed by atoms with Crippen molar-refractivity contribution in [2.45, 2.75) is 52.1 Å². The van der Waals surface area contributed by atoms with E-state index in [1.165, 1.54) is 24.8 Å². The number of amides is 1. The van der Waals surface area contributed by atoms with Gasteiger partial charge < -0.3 is 20.0 Å². The minimum absolute atomic E-state index is 0.00397. The Morgan fingerprint density at radius 1 is 1.23 bits per heavy atom. The molecule has 2 aromatic rings. The van der Waals surface area contributed by atoms with Gasteiger partial charge in [-0.05, 0) is 37.8 Å². The molecule has 1 saturated carbocycles. The Kier molecular flexibility index (Phi) is 7.49. The molecule has 1 amide bonds. The van der Waals surface area contributed by atoms with Gasteiger partial charge in [0.15, 0.2) is 5.96 Å². The number of nitrogens with one attached hydrogen (secondary N) is 2. The first-order chi connectivity index (χ1) is 14.4. The second-order valence-corrected chi connectivity index (χ2v) is 8.33. The smallest absolute Gasteiger partial charge is 0.241 e. The normalized spacial score (nSPS) is 19.4. The average Bonchev–Trinajstić information content (AvgIpc) is 3.20. The molecule has 2 N–H and O–H groups in total. The van der Waals surface area contributed by atoms with E-state index in [0.717, 1.165) is 17.7 Å². The van der Waals surface area contributed by atoms with E-state index < -0.39 is 0 Å². The van der Waals surface area contributed by atoms with Crippen molar-refractivity contribution in [2.24, 2.45) is 10.9 Å². The summed E-state index contributed by atoms with van der Waals surface area (Å²) in [6.07, 6.45) is 6.47. The molecule has 1 heterocycles. The molecule has 3 rings (SSSR count). The van der Waals surface area contributed by atoms with Crippen molar-refractivity contribution in [3.05, 3.63) is 41.8 Å². The van der Waals surface area contributed by atoms with Gasteiger partial charge >= 0.3 is 0 Å². The van der Waals surface area contributed by atoms with Crippen LogP contribution in [0.15, 0.2) is 39.9 Å². The molecule has 0 spiro atoms. The third kappa shape index (κ3) is 6.08. The highest BCUT2D eigenvalue weighted by Crippen LogP contribution is 2.23. The minimum atomic E-state index is 0.00397. The van der Waals surface area contributed by atoms with Gasteiger partial charge in [-0.3, -0.25) is 4.79 Å². The van der Waals surface area contributed by atoms with Crippen LogP contribution in [-0.4, -0.2) is 48.4 Å². The quantitative estimate of drug-likeness (QED) is 0.563. The van der Waals surface area contributed by atoms with E-state index >= 15 is 0 Å². The van der Waals surface area contributed by atoms with Crippen LogP contribution in [0.3, 0.4) is 0 Å². The van der Waals surface area contributed by atoms with Crippen molar-refractivity contribution in [1.29, 1.82) is 0 Å². The molecule has 1 aromatic heterocycles. The number of aliphatic imine (C=N–C) groups is 1. The summed E-state index contributed by atoms with van der Waals surface area (Å²) in [5, 5.41) is 6.70. The van der Waals surface area contributed by atoms with Crippen LogP contribution in [0.4, 0.5) is 0 Å². The molecule has 1 aliphatic rings. The largest absolute Gasteiger partial charge is 0.444 e. The highest BCUT2D eigenvalue weighted by molar-refractivity contribution is 5.86. The van der Waals surface area contributed by atoms with Crippen LogP contribution in [0.2, 0.25) is 0 Å². The number of carbonyl (C=O) groups excluding carboxylic acids is 1. The summed E-state index contributed by atoms with van der Waals surface area (Å²) in [7, 11) is 3.50. The van der Waals surface area contributed by atoms with Crippen LogP contribution >= 0.6 is 0 Å². The Hall–Kier alpha value is -2.83. The lowest BCUT2D eigenvalue weighted by molar-refractivity contribution is -0.127. The molecule has 7 nitrogen and oxygen atoms in total. The van der Waals surface area contributed by atoms with E-state index in [1.54, 1.807) is 25.3 Å². The molecular formula is C23H33N5O2. The van der Waals surface area contributed by atoms with Gasteiger partial charge in [-0.2, -0.15) is 0 Å². The van der Waals surface area contributed by atoms with Crippen molar-refractivity contribution >= 4 is 11.9 Å². The standard InChI is InChI=1S/C23H33N5O2/c1-16-9-11-18(12-10-16)22-26-19(15-30-22)13-24-23(25-14-21(29)28(3)4)27-20-8-6-5-7-17(20)2/h9-12,15,17,20H,5-8,13-14H2,1-4H3,(H2,24,25,27). The number of aryl methyl sites for hydroxylation is 1. The average molecular weight is 412 g/mol. The highest BCUT2D eigenvalue weighted by atomic mass is 16.3. The molecule has 7 heteroatoms. The third-order valence-electron chi connectivity index (χ3n) is 5.59. The summed E-state index contributed by atoms with van der Waals surface area (Å²) >= 11 is 0. The van der Waals surface area contributed by atoms with Crippen molar-refractivity contribution in [3.8, 4) is 11.5 Å². The van der Waals surface area contributed by atoms with Gasteiger partial charge in [-0.25, -0.2) is 9.98 Å². The first-order valence-corrected chi connectivity index (χ1v) is 10.7. The van der Waals surface area contributed by atoms with Crippen LogP contribution < -0.4 is 10.6 Å². The number of guanidine groups is 1. The number of hydrogen-bond donors (Lipinski definition) is 2. The van der Waals surface area contributed by atoms with Crippen LogP contribution in [0.25, 0.3) is 11.5 Å². The molecule has 2 atom stereocenters. The predicted molar refractivity (Wildman–Crippen MR) is 119 cm³/mol. The highest BCUT2D eigenvalue weighted by Gasteiger charge is 2.22. The maximum absolute atomic E-state index is 12.0. The summed E-state index contributed by atoms with van der Waals surface area (Å²) in [5.74, 6) is 1.81. The molecule has 1 fully saturated rings. The first-order valence-electron chi connectivity index (χ1n) is 10.7. The van der Waals surface area contributed by atoms with E-state index in [-0.39, 0.29) is 12.5 Å². The molecule has 1 aromatic carbocycles. The van der Waals surface area contributed by atoms with Gasteiger partial charge in [0, 0.05) is 25.7 Å². The molecule has 162 valence electrons. The third-order valence-corrected chi connectivity index (χ3v) is 5.59. The first kappa shape index (κ1) is 21.9.